The minimum absolute atomic E-state index is 0.136. The molecular formula is C16H13BrN2OS2. The first-order valence-electron chi connectivity index (χ1n) is 6.76. The van der Waals surface area contributed by atoms with Crippen LogP contribution in [0.5, 0.6) is 0 Å². The van der Waals surface area contributed by atoms with Gasteiger partial charge < -0.3 is 0 Å². The lowest BCUT2D eigenvalue weighted by atomic mass is 10.2. The average molecular weight is 393 g/mol. The molecule has 112 valence electrons. The number of hydrogen-bond acceptors (Lipinski definition) is 4. The lowest BCUT2D eigenvalue weighted by Crippen LogP contribution is -2.11. The monoisotopic (exact) mass is 392 g/mol. The van der Waals surface area contributed by atoms with E-state index in [2.05, 4.69) is 33.2 Å². The summed E-state index contributed by atoms with van der Waals surface area (Å²) < 4.78 is 1.97. The van der Waals surface area contributed by atoms with E-state index >= 15 is 0 Å². The van der Waals surface area contributed by atoms with Gasteiger partial charge in [0.2, 0.25) is 0 Å². The molecule has 22 heavy (non-hydrogen) atoms. The molecule has 0 unspecified atom stereocenters. The molecule has 0 bridgehead atoms. The van der Waals surface area contributed by atoms with Crippen LogP contribution in [-0.4, -0.2) is 16.6 Å². The van der Waals surface area contributed by atoms with Crippen LogP contribution in [0, 0.1) is 0 Å². The van der Waals surface area contributed by atoms with Crippen molar-refractivity contribution in [3.63, 3.8) is 0 Å². The maximum Gasteiger partial charge on any atom is 0.257 e. The van der Waals surface area contributed by atoms with Crippen molar-refractivity contribution in [2.24, 2.45) is 0 Å². The minimum Gasteiger partial charge on any atom is -0.298 e. The Balaban J connectivity index is 1.79. The zero-order valence-corrected chi connectivity index (χ0v) is 15.0. The zero-order chi connectivity index (χ0) is 15.5. The van der Waals surface area contributed by atoms with E-state index in [-0.39, 0.29) is 5.91 Å². The number of aromatic nitrogens is 1. The Hall–Kier alpha value is -1.37. The van der Waals surface area contributed by atoms with Gasteiger partial charge in [0, 0.05) is 14.9 Å². The molecule has 0 aliphatic heterocycles. The number of nitrogens with zero attached hydrogens (tertiary/aromatic N) is 1. The van der Waals surface area contributed by atoms with Crippen LogP contribution in [0.25, 0.3) is 10.2 Å². The number of carbonyl (C=O) groups is 1. The van der Waals surface area contributed by atoms with E-state index < -0.39 is 0 Å². The summed E-state index contributed by atoms with van der Waals surface area (Å²) in [4.78, 5) is 17.9. The van der Waals surface area contributed by atoms with Gasteiger partial charge in [0.15, 0.2) is 5.13 Å². The molecule has 3 rings (SSSR count). The molecule has 3 aromatic rings. The first kappa shape index (κ1) is 15.5. The van der Waals surface area contributed by atoms with Gasteiger partial charge in [-0.15, -0.1) is 11.8 Å². The van der Waals surface area contributed by atoms with Crippen molar-refractivity contribution in [3.05, 3.63) is 52.5 Å². The number of anilines is 1. The quantitative estimate of drug-likeness (QED) is 0.602. The van der Waals surface area contributed by atoms with E-state index in [1.165, 1.54) is 16.2 Å². The molecule has 0 saturated carbocycles. The van der Waals surface area contributed by atoms with E-state index in [1.807, 2.05) is 42.5 Å². The highest BCUT2D eigenvalue weighted by atomic mass is 79.9. The van der Waals surface area contributed by atoms with Gasteiger partial charge in [-0.05, 0) is 58.1 Å². The van der Waals surface area contributed by atoms with E-state index in [9.17, 15) is 4.79 Å². The third-order valence-electron chi connectivity index (χ3n) is 3.02. The topological polar surface area (TPSA) is 42.0 Å². The fourth-order valence-electron chi connectivity index (χ4n) is 2.01. The predicted molar refractivity (Wildman–Crippen MR) is 98.1 cm³/mol. The number of para-hydroxylation sites is 1. The Morgan fingerprint density at radius 2 is 2.05 bits per heavy atom. The van der Waals surface area contributed by atoms with Gasteiger partial charge >= 0.3 is 0 Å². The lowest BCUT2D eigenvalue weighted by molar-refractivity contribution is 0.102. The molecule has 3 nitrogen and oxygen atoms in total. The summed E-state index contributed by atoms with van der Waals surface area (Å²) in [5.41, 5.74) is 1.51. The Bertz CT molecular complexity index is 815. The molecule has 2 aromatic carbocycles. The van der Waals surface area contributed by atoms with E-state index in [0.29, 0.717) is 10.7 Å². The van der Waals surface area contributed by atoms with Gasteiger partial charge in [-0.25, -0.2) is 4.98 Å². The molecule has 1 N–H and O–H groups in total. The number of rotatable bonds is 4. The van der Waals surface area contributed by atoms with Gasteiger partial charge in [0.1, 0.15) is 0 Å². The molecular weight excluding hydrogens is 380 g/mol. The van der Waals surface area contributed by atoms with Crippen molar-refractivity contribution in [1.29, 1.82) is 0 Å². The summed E-state index contributed by atoms with van der Waals surface area (Å²) >= 11 is 6.70. The number of benzene rings is 2. The Morgan fingerprint density at radius 3 is 2.73 bits per heavy atom. The van der Waals surface area contributed by atoms with Gasteiger partial charge in [0.05, 0.1) is 10.2 Å². The molecule has 0 aliphatic rings. The molecule has 1 aromatic heterocycles. The first-order valence-corrected chi connectivity index (χ1v) is 9.36. The SMILES string of the molecule is CCSc1ccc(C(=O)Nc2nc3c(Br)cccc3s2)cc1. The lowest BCUT2D eigenvalue weighted by Gasteiger charge is -2.03. The van der Waals surface area contributed by atoms with E-state index in [4.69, 9.17) is 0 Å². The second-order valence-corrected chi connectivity index (χ2v) is 7.74. The Labute approximate surface area is 145 Å². The molecule has 0 spiro atoms. The number of halogens is 1. The summed E-state index contributed by atoms with van der Waals surface area (Å²) in [5.74, 6) is 0.884. The van der Waals surface area contributed by atoms with Gasteiger partial charge in [-0.3, -0.25) is 10.1 Å². The second kappa shape index (κ2) is 6.81. The smallest absolute Gasteiger partial charge is 0.257 e. The van der Waals surface area contributed by atoms with Gasteiger partial charge in [-0.1, -0.05) is 24.3 Å². The standard InChI is InChI=1S/C16H13BrN2OS2/c1-2-21-11-8-6-10(7-9-11)15(20)19-16-18-14-12(17)4-3-5-13(14)22-16/h3-9H,2H2,1H3,(H,18,19,20). The first-order chi connectivity index (χ1) is 10.7. The molecule has 6 heteroatoms. The van der Waals surface area contributed by atoms with Crippen molar-refractivity contribution in [1.82, 2.24) is 4.98 Å². The number of nitrogens with one attached hydrogen (secondary N) is 1. The Kier molecular flexibility index (Phi) is 4.81. The van der Waals surface area contributed by atoms with E-state index in [1.54, 1.807) is 11.8 Å². The third kappa shape index (κ3) is 3.34. The van der Waals surface area contributed by atoms with Crippen molar-refractivity contribution in [2.75, 3.05) is 11.1 Å². The molecule has 0 saturated heterocycles. The van der Waals surface area contributed by atoms with Crippen LogP contribution in [-0.2, 0) is 0 Å². The highest BCUT2D eigenvalue weighted by Crippen LogP contribution is 2.31. The van der Waals surface area contributed by atoms with Gasteiger partial charge in [0.25, 0.3) is 5.91 Å². The maximum atomic E-state index is 12.3. The van der Waals surface area contributed by atoms with Crippen molar-refractivity contribution in [2.45, 2.75) is 11.8 Å². The predicted octanol–water partition coefficient (Wildman–Crippen LogP) is 5.42. The molecule has 1 heterocycles. The van der Waals surface area contributed by atoms with Gasteiger partial charge in [-0.2, -0.15) is 0 Å². The van der Waals surface area contributed by atoms with Crippen LogP contribution in [0.2, 0.25) is 0 Å². The fraction of sp³-hybridized carbons (Fsp3) is 0.125. The van der Waals surface area contributed by atoms with Crippen LogP contribution in [0.3, 0.4) is 0 Å². The molecule has 0 aliphatic carbocycles. The number of fused-ring (bicyclic) bond motifs is 1. The second-order valence-electron chi connectivity index (χ2n) is 4.52. The summed E-state index contributed by atoms with van der Waals surface area (Å²) in [6.45, 7) is 2.11. The summed E-state index contributed by atoms with van der Waals surface area (Å²) in [6, 6.07) is 13.5. The van der Waals surface area contributed by atoms with Crippen molar-refractivity contribution >= 4 is 60.3 Å². The van der Waals surface area contributed by atoms with Crippen LogP contribution >= 0.6 is 39.0 Å². The van der Waals surface area contributed by atoms with Crippen LogP contribution in [0.15, 0.2) is 51.8 Å². The van der Waals surface area contributed by atoms with Crippen LogP contribution < -0.4 is 5.32 Å². The average Bonchev–Trinajstić information content (AvgIpc) is 2.92. The largest absolute Gasteiger partial charge is 0.298 e. The number of carbonyl (C=O) groups excluding carboxylic acids is 1. The molecule has 0 radical (unpaired) electrons. The molecule has 0 atom stereocenters. The number of thioether (sulfide) groups is 1. The minimum atomic E-state index is -0.136. The number of amides is 1. The molecule has 1 amide bonds. The third-order valence-corrected chi connectivity index (χ3v) is 5.49. The number of hydrogen-bond donors (Lipinski definition) is 1. The highest BCUT2D eigenvalue weighted by molar-refractivity contribution is 9.10. The summed E-state index contributed by atoms with van der Waals surface area (Å²) in [7, 11) is 0. The fourth-order valence-corrected chi connectivity index (χ4v) is 4.14. The van der Waals surface area contributed by atoms with Crippen molar-refractivity contribution < 1.29 is 4.79 Å². The Morgan fingerprint density at radius 1 is 1.27 bits per heavy atom. The van der Waals surface area contributed by atoms with E-state index in [0.717, 1.165) is 20.4 Å². The van der Waals surface area contributed by atoms with Crippen LogP contribution in [0.4, 0.5) is 5.13 Å². The summed E-state index contributed by atoms with van der Waals surface area (Å²) in [5, 5.41) is 3.48. The summed E-state index contributed by atoms with van der Waals surface area (Å²) in [6.07, 6.45) is 0. The van der Waals surface area contributed by atoms with Crippen LogP contribution in [0.1, 0.15) is 17.3 Å². The molecule has 0 fully saturated rings. The number of thiazole rings is 1. The maximum absolute atomic E-state index is 12.3. The van der Waals surface area contributed by atoms with Crippen molar-refractivity contribution in [3.8, 4) is 0 Å². The zero-order valence-electron chi connectivity index (χ0n) is 11.8. The normalized spacial score (nSPS) is 10.8. The highest BCUT2D eigenvalue weighted by Gasteiger charge is 2.11.